The summed E-state index contributed by atoms with van der Waals surface area (Å²) in [4.78, 5) is 12.2. The highest BCUT2D eigenvalue weighted by Gasteiger charge is 2.26. The molecule has 1 saturated heterocycles. The van der Waals surface area contributed by atoms with E-state index in [1.165, 1.54) is 4.31 Å². The van der Waals surface area contributed by atoms with Crippen LogP contribution in [0.25, 0.3) is 0 Å². The number of rotatable bonds is 7. The summed E-state index contributed by atoms with van der Waals surface area (Å²) in [5.74, 6) is 0.846. The summed E-state index contributed by atoms with van der Waals surface area (Å²) in [6, 6.07) is 6.40. The fourth-order valence-corrected chi connectivity index (χ4v) is 4.73. The van der Waals surface area contributed by atoms with Gasteiger partial charge in [-0.1, -0.05) is 12.8 Å². The van der Waals surface area contributed by atoms with E-state index in [0.717, 1.165) is 25.7 Å². The predicted molar refractivity (Wildman–Crippen MR) is 96.5 cm³/mol. The second kappa shape index (κ2) is 8.83. The first kappa shape index (κ1) is 19.1. The fraction of sp³-hybridized carbons (Fsp3) is 0.611. The smallest absolute Gasteiger partial charge is 0.243 e. The van der Waals surface area contributed by atoms with Gasteiger partial charge in [-0.05, 0) is 37.1 Å². The van der Waals surface area contributed by atoms with Crippen LogP contribution in [0.1, 0.15) is 25.7 Å². The lowest BCUT2D eigenvalue weighted by molar-refractivity contribution is -0.124. The normalized spacial score (nSPS) is 19.4. The fourth-order valence-electron chi connectivity index (χ4n) is 3.32. The molecule has 26 heavy (non-hydrogen) atoms. The van der Waals surface area contributed by atoms with E-state index in [-0.39, 0.29) is 16.7 Å². The van der Waals surface area contributed by atoms with Crippen molar-refractivity contribution in [3.05, 3.63) is 24.3 Å². The first-order valence-corrected chi connectivity index (χ1v) is 10.6. The van der Waals surface area contributed by atoms with Gasteiger partial charge in [0.15, 0.2) is 0 Å². The van der Waals surface area contributed by atoms with E-state index < -0.39 is 10.0 Å². The Morgan fingerprint density at radius 2 is 1.81 bits per heavy atom. The molecule has 144 valence electrons. The number of nitrogens with zero attached hydrogens (tertiary/aromatic N) is 1. The molecule has 0 unspecified atom stereocenters. The van der Waals surface area contributed by atoms with Gasteiger partial charge in [0, 0.05) is 19.0 Å². The molecule has 0 aromatic heterocycles. The molecule has 2 fully saturated rings. The Kier molecular flexibility index (Phi) is 6.50. The number of carbonyl (C=O) groups is 1. The molecule has 3 rings (SSSR count). The van der Waals surface area contributed by atoms with Crippen LogP contribution in [0.2, 0.25) is 0 Å². The average molecular weight is 382 g/mol. The Balaban J connectivity index is 1.46. The van der Waals surface area contributed by atoms with Gasteiger partial charge in [-0.25, -0.2) is 8.42 Å². The molecule has 1 aliphatic heterocycles. The van der Waals surface area contributed by atoms with Gasteiger partial charge in [-0.3, -0.25) is 4.79 Å². The monoisotopic (exact) mass is 382 g/mol. The number of morpholine rings is 1. The summed E-state index contributed by atoms with van der Waals surface area (Å²) in [6.07, 6.45) is 4.22. The van der Waals surface area contributed by atoms with Gasteiger partial charge < -0.3 is 14.8 Å². The molecule has 1 aliphatic carbocycles. The Labute approximate surface area is 154 Å². The van der Waals surface area contributed by atoms with E-state index in [4.69, 9.17) is 9.47 Å². The minimum atomic E-state index is -3.48. The van der Waals surface area contributed by atoms with E-state index >= 15 is 0 Å². The van der Waals surface area contributed by atoms with Crippen LogP contribution in [0.4, 0.5) is 0 Å². The van der Waals surface area contributed by atoms with Crippen LogP contribution in [0.5, 0.6) is 5.75 Å². The topological polar surface area (TPSA) is 84.9 Å². The van der Waals surface area contributed by atoms with Crippen molar-refractivity contribution in [2.24, 2.45) is 5.92 Å². The van der Waals surface area contributed by atoms with E-state index in [1.807, 2.05) is 0 Å². The lowest BCUT2D eigenvalue weighted by atomic mass is 10.1. The molecule has 0 radical (unpaired) electrons. The first-order chi connectivity index (χ1) is 12.6. The molecule has 8 heteroatoms. The minimum absolute atomic E-state index is 0.109. The molecule has 1 heterocycles. The summed E-state index contributed by atoms with van der Waals surface area (Å²) < 4.78 is 37.3. The van der Waals surface area contributed by atoms with Crippen LogP contribution in [0, 0.1) is 5.92 Å². The number of hydrogen-bond acceptors (Lipinski definition) is 5. The lowest BCUT2D eigenvalue weighted by Gasteiger charge is -2.26. The zero-order valence-electron chi connectivity index (χ0n) is 14.9. The van der Waals surface area contributed by atoms with Crippen LogP contribution in [-0.2, 0) is 19.6 Å². The minimum Gasteiger partial charge on any atom is -0.492 e. The van der Waals surface area contributed by atoms with Crippen LogP contribution in [-0.4, -0.2) is 58.1 Å². The van der Waals surface area contributed by atoms with E-state index in [0.29, 0.717) is 45.2 Å². The molecule has 1 aromatic carbocycles. The third-order valence-corrected chi connectivity index (χ3v) is 6.74. The summed E-state index contributed by atoms with van der Waals surface area (Å²) in [6.45, 7) is 2.40. The molecule has 0 bridgehead atoms. The van der Waals surface area contributed by atoms with Gasteiger partial charge in [0.1, 0.15) is 12.4 Å². The SMILES string of the molecule is O=C(NCCOc1ccc(S(=O)(=O)N2CCOCC2)cc1)C1CCCC1. The molecule has 0 spiro atoms. The lowest BCUT2D eigenvalue weighted by Crippen LogP contribution is -2.40. The Hall–Kier alpha value is -1.64. The van der Waals surface area contributed by atoms with Crippen LogP contribution >= 0.6 is 0 Å². The van der Waals surface area contributed by atoms with Crippen molar-refractivity contribution in [1.82, 2.24) is 9.62 Å². The van der Waals surface area contributed by atoms with Crippen molar-refractivity contribution in [1.29, 1.82) is 0 Å². The van der Waals surface area contributed by atoms with Crippen molar-refractivity contribution >= 4 is 15.9 Å². The highest BCUT2D eigenvalue weighted by atomic mass is 32.2. The van der Waals surface area contributed by atoms with Crippen molar-refractivity contribution in [3.63, 3.8) is 0 Å². The second-order valence-electron chi connectivity index (χ2n) is 6.61. The van der Waals surface area contributed by atoms with Crippen LogP contribution in [0.3, 0.4) is 0 Å². The van der Waals surface area contributed by atoms with E-state index in [2.05, 4.69) is 5.32 Å². The summed E-state index contributed by atoms with van der Waals surface area (Å²) in [5, 5.41) is 2.90. The molecular weight excluding hydrogens is 356 g/mol. The highest BCUT2D eigenvalue weighted by molar-refractivity contribution is 7.89. The molecular formula is C18H26N2O5S. The van der Waals surface area contributed by atoms with Gasteiger partial charge >= 0.3 is 0 Å². The number of sulfonamides is 1. The molecule has 1 saturated carbocycles. The predicted octanol–water partition coefficient (Wildman–Crippen LogP) is 1.39. The summed E-state index contributed by atoms with van der Waals surface area (Å²) >= 11 is 0. The zero-order chi connectivity index (χ0) is 18.4. The number of benzene rings is 1. The standard InChI is InChI=1S/C18H26N2O5S/c21-18(15-3-1-2-4-15)19-9-12-25-16-5-7-17(8-6-16)26(22,23)20-10-13-24-14-11-20/h5-8,15H,1-4,9-14H2,(H,19,21). The van der Waals surface area contributed by atoms with Crippen molar-refractivity contribution < 1.29 is 22.7 Å². The van der Waals surface area contributed by atoms with Gasteiger partial charge in [-0.15, -0.1) is 0 Å². The molecule has 2 aliphatic rings. The van der Waals surface area contributed by atoms with Gasteiger partial charge in [-0.2, -0.15) is 4.31 Å². The molecule has 0 atom stereocenters. The molecule has 1 N–H and O–H groups in total. The molecule has 7 nitrogen and oxygen atoms in total. The van der Waals surface area contributed by atoms with Gasteiger partial charge in [0.05, 0.1) is 24.7 Å². The Bertz CT molecular complexity index is 693. The quantitative estimate of drug-likeness (QED) is 0.721. The number of ether oxygens (including phenoxy) is 2. The second-order valence-corrected chi connectivity index (χ2v) is 8.55. The van der Waals surface area contributed by atoms with E-state index in [1.54, 1.807) is 24.3 Å². The van der Waals surface area contributed by atoms with Crippen LogP contribution < -0.4 is 10.1 Å². The maximum Gasteiger partial charge on any atom is 0.243 e. The largest absolute Gasteiger partial charge is 0.492 e. The van der Waals surface area contributed by atoms with Gasteiger partial charge in [0.2, 0.25) is 15.9 Å². The Morgan fingerprint density at radius 1 is 1.15 bits per heavy atom. The number of nitrogens with one attached hydrogen (secondary N) is 1. The van der Waals surface area contributed by atoms with Crippen molar-refractivity contribution in [2.75, 3.05) is 39.5 Å². The third-order valence-electron chi connectivity index (χ3n) is 4.83. The summed E-state index contributed by atoms with van der Waals surface area (Å²) in [7, 11) is -3.48. The zero-order valence-corrected chi connectivity index (χ0v) is 15.7. The van der Waals surface area contributed by atoms with Crippen LogP contribution in [0.15, 0.2) is 29.2 Å². The molecule has 1 aromatic rings. The maximum atomic E-state index is 12.5. The summed E-state index contributed by atoms with van der Waals surface area (Å²) in [5.41, 5.74) is 0. The Morgan fingerprint density at radius 3 is 2.46 bits per heavy atom. The maximum absolute atomic E-state index is 12.5. The average Bonchev–Trinajstić information content (AvgIpc) is 3.21. The number of hydrogen-bond donors (Lipinski definition) is 1. The molecule has 1 amide bonds. The third kappa shape index (κ3) is 4.75. The highest BCUT2D eigenvalue weighted by Crippen LogP contribution is 2.24. The van der Waals surface area contributed by atoms with Gasteiger partial charge in [0.25, 0.3) is 0 Å². The van der Waals surface area contributed by atoms with Crippen molar-refractivity contribution in [3.8, 4) is 5.75 Å². The first-order valence-electron chi connectivity index (χ1n) is 9.16. The number of carbonyl (C=O) groups excluding carboxylic acids is 1. The number of amides is 1. The van der Waals surface area contributed by atoms with E-state index in [9.17, 15) is 13.2 Å². The van der Waals surface area contributed by atoms with Crippen molar-refractivity contribution in [2.45, 2.75) is 30.6 Å².